The molecule has 2 amide bonds. The monoisotopic (exact) mass is 306 g/mol. The van der Waals surface area contributed by atoms with E-state index in [1.54, 1.807) is 30.3 Å². The average Bonchev–Trinajstić information content (AvgIpc) is 2.96. The molecule has 0 saturated heterocycles. The first-order chi connectivity index (χ1) is 11.1. The smallest absolute Gasteiger partial charge is 0.250 e. The summed E-state index contributed by atoms with van der Waals surface area (Å²) in [5, 5.41) is 3.59. The van der Waals surface area contributed by atoms with Crippen LogP contribution in [0.3, 0.4) is 0 Å². The second kappa shape index (κ2) is 6.19. The van der Waals surface area contributed by atoms with Crippen molar-refractivity contribution in [2.45, 2.75) is 0 Å². The molecule has 1 heterocycles. The number of fused-ring (bicyclic) bond motifs is 1. The highest BCUT2D eigenvalue weighted by Crippen LogP contribution is 2.20. The Hall–Kier alpha value is -3.34. The van der Waals surface area contributed by atoms with Crippen molar-refractivity contribution in [3.05, 3.63) is 72.0 Å². The molecule has 0 radical (unpaired) electrons. The first-order valence-electron chi connectivity index (χ1n) is 7.00. The number of hydrogen-bond donors (Lipinski definition) is 2. The lowest BCUT2D eigenvalue weighted by atomic mass is 10.1. The van der Waals surface area contributed by atoms with Gasteiger partial charge in [-0.2, -0.15) is 0 Å². The minimum atomic E-state index is -0.595. The molecule has 3 rings (SSSR count). The standard InChI is InChI=1S/C18H14N2O3/c19-18(22)14-6-2-3-7-15(14)20-17(21)10-9-13-11-12-5-1-4-8-16(12)23-13/h1-11H,(H2,19,22)(H,20,21). The third-order valence-electron chi connectivity index (χ3n) is 3.29. The SMILES string of the molecule is NC(=O)c1ccccc1NC(=O)C=Cc1cc2ccccc2o1. The van der Waals surface area contributed by atoms with Crippen molar-refractivity contribution in [3.63, 3.8) is 0 Å². The zero-order valence-electron chi connectivity index (χ0n) is 12.2. The Bertz CT molecular complexity index is 876. The van der Waals surface area contributed by atoms with Gasteiger partial charge in [0.25, 0.3) is 5.91 Å². The molecule has 114 valence electrons. The van der Waals surface area contributed by atoms with E-state index in [4.69, 9.17) is 10.2 Å². The van der Waals surface area contributed by atoms with Crippen molar-refractivity contribution in [1.82, 2.24) is 0 Å². The molecule has 0 aliphatic heterocycles. The Balaban J connectivity index is 1.75. The van der Waals surface area contributed by atoms with Gasteiger partial charge in [-0.25, -0.2) is 0 Å². The Labute approximate surface area is 132 Å². The maximum Gasteiger partial charge on any atom is 0.250 e. The van der Waals surface area contributed by atoms with E-state index in [0.29, 0.717) is 11.4 Å². The van der Waals surface area contributed by atoms with E-state index in [-0.39, 0.29) is 11.5 Å². The average molecular weight is 306 g/mol. The van der Waals surface area contributed by atoms with Crippen LogP contribution < -0.4 is 11.1 Å². The van der Waals surface area contributed by atoms with Crippen LogP contribution in [-0.2, 0) is 4.79 Å². The number of rotatable bonds is 4. The lowest BCUT2D eigenvalue weighted by molar-refractivity contribution is -0.111. The van der Waals surface area contributed by atoms with Gasteiger partial charge in [0.05, 0.1) is 11.3 Å². The molecular weight excluding hydrogens is 292 g/mol. The van der Waals surface area contributed by atoms with Gasteiger partial charge in [0.2, 0.25) is 5.91 Å². The van der Waals surface area contributed by atoms with Crippen molar-refractivity contribution in [3.8, 4) is 0 Å². The lowest BCUT2D eigenvalue weighted by Gasteiger charge is -2.06. The van der Waals surface area contributed by atoms with Crippen LogP contribution in [-0.4, -0.2) is 11.8 Å². The molecular formula is C18H14N2O3. The largest absolute Gasteiger partial charge is 0.457 e. The van der Waals surface area contributed by atoms with Gasteiger partial charge >= 0.3 is 0 Å². The summed E-state index contributed by atoms with van der Waals surface area (Å²) in [4.78, 5) is 23.3. The highest BCUT2D eigenvalue weighted by atomic mass is 16.3. The predicted octanol–water partition coefficient (Wildman–Crippen LogP) is 3.18. The van der Waals surface area contributed by atoms with Crippen LogP contribution >= 0.6 is 0 Å². The van der Waals surface area contributed by atoms with E-state index >= 15 is 0 Å². The molecule has 0 spiro atoms. The fraction of sp³-hybridized carbons (Fsp3) is 0. The van der Waals surface area contributed by atoms with Crippen molar-refractivity contribution >= 4 is 34.5 Å². The molecule has 3 N–H and O–H groups in total. The topological polar surface area (TPSA) is 85.3 Å². The highest BCUT2D eigenvalue weighted by Gasteiger charge is 2.08. The van der Waals surface area contributed by atoms with E-state index < -0.39 is 5.91 Å². The summed E-state index contributed by atoms with van der Waals surface area (Å²) in [7, 11) is 0. The Morgan fingerprint density at radius 2 is 1.78 bits per heavy atom. The zero-order valence-corrected chi connectivity index (χ0v) is 12.2. The molecule has 0 aliphatic carbocycles. The maximum absolute atomic E-state index is 12.0. The number of para-hydroxylation sites is 2. The van der Waals surface area contributed by atoms with Gasteiger partial charge in [-0.15, -0.1) is 0 Å². The van der Waals surface area contributed by atoms with E-state index in [1.807, 2.05) is 30.3 Å². The quantitative estimate of drug-likeness (QED) is 0.726. The number of benzene rings is 2. The van der Waals surface area contributed by atoms with Crippen molar-refractivity contribution in [2.75, 3.05) is 5.32 Å². The molecule has 0 aliphatic rings. The lowest BCUT2D eigenvalue weighted by Crippen LogP contribution is -2.16. The summed E-state index contributed by atoms with van der Waals surface area (Å²) >= 11 is 0. The maximum atomic E-state index is 12.0. The van der Waals surface area contributed by atoms with Gasteiger partial charge in [-0.1, -0.05) is 30.3 Å². The van der Waals surface area contributed by atoms with E-state index in [2.05, 4.69) is 5.32 Å². The minimum Gasteiger partial charge on any atom is -0.457 e. The fourth-order valence-electron chi connectivity index (χ4n) is 2.22. The molecule has 0 saturated carbocycles. The summed E-state index contributed by atoms with van der Waals surface area (Å²) in [6.45, 7) is 0. The van der Waals surface area contributed by atoms with Crippen molar-refractivity contribution in [1.29, 1.82) is 0 Å². The van der Waals surface area contributed by atoms with Crippen LogP contribution in [0, 0.1) is 0 Å². The summed E-state index contributed by atoms with van der Waals surface area (Å²) in [5.74, 6) is -0.397. The van der Waals surface area contributed by atoms with Crippen molar-refractivity contribution in [2.24, 2.45) is 5.73 Å². The Kier molecular flexibility index (Phi) is 3.93. The molecule has 0 atom stereocenters. The van der Waals surface area contributed by atoms with E-state index in [9.17, 15) is 9.59 Å². The number of anilines is 1. The van der Waals surface area contributed by atoms with E-state index in [0.717, 1.165) is 11.0 Å². The number of hydrogen-bond acceptors (Lipinski definition) is 3. The molecule has 1 aromatic heterocycles. The van der Waals surface area contributed by atoms with Crippen LogP contribution in [0.25, 0.3) is 17.0 Å². The molecule has 5 nitrogen and oxygen atoms in total. The first kappa shape index (κ1) is 14.6. The van der Waals surface area contributed by atoms with Crippen molar-refractivity contribution < 1.29 is 14.0 Å². The molecule has 0 bridgehead atoms. The fourth-order valence-corrected chi connectivity index (χ4v) is 2.22. The second-order valence-electron chi connectivity index (χ2n) is 4.92. The number of carbonyl (C=O) groups excluding carboxylic acids is 2. The molecule has 23 heavy (non-hydrogen) atoms. The second-order valence-corrected chi connectivity index (χ2v) is 4.92. The number of carbonyl (C=O) groups is 2. The van der Waals surface area contributed by atoms with Gasteiger partial charge in [-0.05, 0) is 30.3 Å². The third kappa shape index (κ3) is 3.29. The molecule has 0 unspecified atom stereocenters. The van der Waals surface area contributed by atoms with Crippen LogP contribution in [0.2, 0.25) is 0 Å². The third-order valence-corrected chi connectivity index (χ3v) is 3.29. The molecule has 5 heteroatoms. The Morgan fingerprint density at radius 3 is 2.57 bits per heavy atom. The highest BCUT2D eigenvalue weighted by molar-refractivity contribution is 6.07. The summed E-state index contributed by atoms with van der Waals surface area (Å²) in [5.41, 5.74) is 6.67. The van der Waals surface area contributed by atoms with Crippen LogP contribution in [0.1, 0.15) is 16.1 Å². The number of nitrogens with two attached hydrogens (primary N) is 1. The van der Waals surface area contributed by atoms with Gasteiger partial charge in [0.1, 0.15) is 11.3 Å². The number of amides is 2. The zero-order chi connectivity index (χ0) is 16.2. The van der Waals surface area contributed by atoms with Gasteiger partial charge in [-0.3, -0.25) is 9.59 Å². The number of nitrogens with one attached hydrogen (secondary N) is 1. The van der Waals surface area contributed by atoms with Gasteiger partial charge in [0, 0.05) is 11.5 Å². The first-order valence-corrected chi connectivity index (χ1v) is 7.00. The molecule has 0 fully saturated rings. The predicted molar refractivity (Wildman–Crippen MR) is 88.8 cm³/mol. The molecule has 3 aromatic rings. The minimum absolute atomic E-state index is 0.262. The van der Waals surface area contributed by atoms with E-state index in [1.165, 1.54) is 6.08 Å². The van der Waals surface area contributed by atoms with Crippen LogP contribution in [0.5, 0.6) is 0 Å². The summed E-state index contributed by atoms with van der Waals surface area (Å²) in [6, 6.07) is 16.0. The summed E-state index contributed by atoms with van der Waals surface area (Å²) < 4.78 is 5.59. The van der Waals surface area contributed by atoms with Gasteiger partial charge < -0.3 is 15.5 Å². The number of furan rings is 1. The number of primary amides is 1. The van der Waals surface area contributed by atoms with Crippen LogP contribution in [0.15, 0.2) is 65.1 Å². The normalized spacial score (nSPS) is 11.0. The molecule has 2 aromatic carbocycles. The summed E-state index contributed by atoms with van der Waals surface area (Å²) in [6.07, 6.45) is 2.91. The van der Waals surface area contributed by atoms with Gasteiger partial charge in [0.15, 0.2) is 0 Å². The Morgan fingerprint density at radius 1 is 1.04 bits per heavy atom. The van der Waals surface area contributed by atoms with Crippen LogP contribution in [0.4, 0.5) is 5.69 Å².